The van der Waals surface area contributed by atoms with Crippen molar-refractivity contribution in [3.05, 3.63) is 18.2 Å². The van der Waals surface area contributed by atoms with Gasteiger partial charge in [-0.05, 0) is 38.6 Å². The van der Waals surface area contributed by atoms with Crippen LogP contribution in [0.3, 0.4) is 0 Å². The Morgan fingerprint density at radius 1 is 1.45 bits per heavy atom. The number of para-hydroxylation sites is 1. The van der Waals surface area contributed by atoms with Gasteiger partial charge < -0.3 is 15.5 Å². The summed E-state index contributed by atoms with van der Waals surface area (Å²) < 4.78 is 23.0. The third kappa shape index (κ3) is 3.05. The summed E-state index contributed by atoms with van der Waals surface area (Å²) in [6.07, 6.45) is 2.34. The number of nitrogen functional groups attached to an aromatic ring is 1. The Bertz CT molecular complexity index is 588. The number of nitrogens with two attached hydrogens (primary N) is 2. The number of hydrogen-bond donors (Lipinski definition) is 2. The van der Waals surface area contributed by atoms with Gasteiger partial charge in [0.25, 0.3) is 0 Å². The average molecular weight is 298 g/mol. The number of likely N-dealkylation sites (tertiary alicyclic amines) is 1. The van der Waals surface area contributed by atoms with E-state index in [0.29, 0.717) is 11.7 Å². The van der Waals surface area contributed by atoms with Crippen LogP contribution in [-0.2, 0) is 10.0 Å². The molecule has 0 saturated carbocycles. The first-order valence-corrected chi connectivity index (χ1v) is 8.18. The molecule has 4 N–H and O–H groups in total. The van der Waals surface area contributed by atoms with Gasteiger partial charge in [-0.2, -0.15) is 0 Å². The Kier molecular flexibility index (Phi) is 4.22. The topological polar surface area (TPSA) is 92.7 Å². The van der Waals surface area contributed by atoms with Crippen LogP contribution in [0.25, 0.3) is 0 Å². The van der Waals surface area contributed by atoms with Crippen molar-refractivity contribution >= 4 is 21.4 Å². The van der Waals surface area contributed by atoms with Gasteiger partial charge >= 0.3 is 0 Å². The van der Waals surface area contributed by atoms with Crippen molar-refractivity contribution in [3.8, 4) is 0 Å². The van der Waals surface area contributed by atoms with E-state index in [4.69, 9.17) is 10.9 Å². The molecular weight excluding hydrogens is 276 g/mol. The highest BCUT2D eigenvalue weighted by atomic mass is 32.2. The standard InChI is InChI=1S/C13H22N4O2S/c1-16-8-4-5-10(16)9-17(2)11-6-3-7-12(13(11)14)20(15,18)19/h3,6-7,10H,4-5,8-9,14H2,1-2H3,(H2,15,18,19). The molecule has 1 aliphatic rings. The molecular formula is C13H22N4O2S. The van der Waals surface area contributed by atoms with E-state index in [9.17, 15) is 8.42 Å². The zero-order valence-corrected chi connectivity index (χ0v) is 12.7. The van der Waals surface area contributed by atoms with Crippen LogP contribution in [0.1, 0.15) is 12.8 Å². The normalized spacial score (nSPS) is 20.2. The minimum absolute atomic E-state index is 0.0124. The summed E-state index contributed by atoms with van der Waals surface area (Å²) in [6.45, 7) is 1.92. The van der Waals surface area contributed by atoms with Crippen molar-refractivity contribution in [2.75, 3.05) is 37.8 Å². The minimum Gasteiger partial charge on any atom is -0.396 e. The molecule has 1 atom stereocenters. The average Bonchev–Trinajstić information content (AvgIpc) is 2.73. The second kappa shape index (κ2) is 5.59. The van der Waals surface area contributed by atoms with Gasteiger partial charge in [0.05, 0.1) is 11.4 Å². The maximum Gasteiger partial charge on any atom is 0.240 e. The fraction of sp³-hybridized carbons (Fsp3) is 0.538. The Hall–Kier alpha value is -1.31. The minimum atomic E-state index is -3.79. The summed E-state index contributed by atoms with van der Waals surface area (Å²) in [5.74, 6) is 0. The number of rotatable bonds is 4. The number of primary sulfonamides is 1. The molecule has 7 heteroatoms. The van der Waals surface area contributed by atoms with Gasteiger partial charge in [0.2, 0.25) is 10.0 Å². The van der Waals surface area contributed by atoms with Crippen molar-refractivity contribution in [1.29, 1.82) is 0 Å². The Balaban J connectivity index is 2.24. The molecule has 1 aromatic carbocycles. The predicted molar refractivity (Wildman–Crippen MR) is 81.1 cm³/mol. The first kappa shape index (κ1) is 15.1. The number of likely N-dealkylation sites (N-methyl/N-ethyl adjacent to an activating group) is 2. The van der Waals surface area contributed by atoms with Crippen molar-refractivity contribution in [2.24, 2.45) is 5.14 Å². The second-order valence-corrected chi connectivity index (χ2v) is 6.92. The highest BCUT2D eigenvalue weighted by Gasteiger charge is 2.24. The molecule has 1 aromatic rings. The lowest BCUT2D eigenvalue weighted by Crippen LogP contribution is -2.37. The molecule has 2 rings (SSSR count). The van der Waals surface area contributed by atoms with Gasteiger partial charge in [-0.1, -0.05) is 6.07 Å². The molecule has 0 radical (unpaired) electrons. The Morgan fingerprint density at radius 2 is 2.15 bits per heavy atom. The van der Waals surface area contributed by atoms with Crippen LogP contribution in [0, 0.1) is 0 Å². The molecule has 1 saturated heterocycles. The first-order valence-electron chi connectivity index (χ1n) is 6.63. The number of nitrogens with zero attached hydrogens (tertiary/aromatic N) is 2. The van der Waals surface area contributed by atoms with Gasteiger partial charge in [0, 0.05) is 19.6 Å². The van der Waals surface area contributed by atoms with Crippen molar-refractivity contribution in [2.45, 2.75) is 23.8 Å². The zero-order chi connectivity index (χ0) is 14.9. The predicted octanol–water partition coefficient (Wildman–Crippen LogP) is 0.447. The molecule has 1 unspecified atom stereocenters. The van der Waals surface area contributed by atoms with E-state index in [2.05, 4.69) is 11.9 Å². The molecule has 0 amide bonds. The van der Waals surface area contributed by atoms with Crippen LogP contribution < -0.4 is 15.8 Å². The van der Waals surface area contributed by atoms with Crippen molar-refractivity contribution in [3.63, 3.8) is 0 Å². The SMILES string of the molecule is CN(CC1CCCN1C)c1cccc(S(N)(=O)=O)c1N. The largest absolute Gasteiger partial charge is 0.396 e. The zero-order valence-electron chi connectivity index (χ0n) is 11.9. The van der Waals surface area contributed by atoms with E-state index in [1.165, 1.54) is 12.5 Å². The molecule has 6 nitrogen and oxygen atoms in total. The third-order valence-corrected chi connectivity index (χ3v) is 4.89. The van der Waals surface area contributed by atoms with E-state index in [1.54, 1.807) is 6.07 Å². The monoisotopic (exact) mass is 298 g/mol. The number of sulfonamides is 1. The highest BCUT2D eigenvalue weighted by Crippen LogP contribution is 2.29. The quantitative estimate of drug-likeness (QED) is 0.787. The van der Waals surface area contributed by atoms with E-state index in [1.807, 2.05) is 18.0 Å². The van der Waals surface area contributed by atoms with Crippen LogP contribution in [-0.4, -0.2) is 46.5 Å². The number of anilines is 2. The maximum absolute atomic E-state index is 11.5. The first-order chi connectivity index (χ1) is 9.30. The summed E-state index contributed by atoms with van der Waals surface area (Å²) in [5, 5.41) is 5.18. The lowest BCUT2D eigenvalue weighted by atomic mass is 10.2. The van der Waals surface area contributed by atoms with Gasteiger partial charge in [-0.15, -0.1) is 0 Å². The molecule has 0 bridgehead atoms. The van der Waals surface area contributed by atoms with Crippen LogP contribution in [0.15, 0.2) is 23.1 Å². The lowest BCUT2D eigenvalue weighted by Gasteiger charge is -2.28. The van der Waals surface area contributed by atoms with Gasteiger partial charge in [-0.3, -0.25) is 0 Å². The summed E-state index contributed by atoms with van der Waals surface area (Å²) in [5.41, 5.74) is 6.89. The van der Waals surface area contributed by atoms with E-state index < -0.39 is 10.0 Å². The number of benzene rings is 1. The fourth-order valence-corrected chi connectivity index (χ4v) is 3.42. The molecule has 0 aromatic heterocycles. The molecule has 0 spiro atoms. The molecule has 112 valence electrons. The summed E-state index contributed by atoms with van der Waals surface area (Å²) in [4.78, 5) is 4.30. The summed E-state index contributed by atoms with van der Waals surface area (Å²) in [7, 11) is 0.239. The molecule has 1 aliphatic heterocycles. The van der Waals surface area contributed by atoms with Crippen LogP contribution >= 0.6 is 0 Å². The summed E-state index contributed by atoms with van der Waals surface area (Å²) in [6, 6.07) is 5.39. The van der Waals surface area contributed by atoms with E-state index >= 15 is 0 Å². The molecule has 1 fully saturated rings. The highest BCUT2D eigenvalue weighted by molar-refractivity contribution is 7.89. The molecule has 0 aliphatic carbocycles. The maximum atomic E-state index is 11.5. The van der Waals surface area contributed by atoms with E-state index in [0.717, 1.165) is 19.5 Å². The van der Waals surface area contributed by atoms with E-state index in [-0.39, 0.29) is 10.6 Å². The van der Waals surface area contributed by atoms with Gasteiger partial charge in [0.15, 0.2) is 0 Å². The second-order valence-electron chi connectivity index (χ2n) is 5.39. The van der Waals surface area contributed by atoms with Gasteiger partial charge in [0.1, 0.15) is 4.90 Å². The van der Waals surface area contributed by atoms with Crippen molar-refractivity contribution < 1.29 is 8.42 Å². The third-order valence-electron chi connectivity index (χ3n) is 3.92. The van der Waals surface area contributed by atoms with Crippen molar-refractivity contribution in [1.82, 2.24) is 4.90 Å². The molecule has 1 heterocycles. The van der Waals surface area contributed by atoms with Crippen LogP contribution in [0.4, 0.5) is 11.4 Å². The Morgan fingerprint density at radius 3 is 2.70 bits per heavy atom. The number of hydrogen-bond acceptors (Lipinski definition) is 5. The molecule has 20 heavy (non-hydrogen) atoms. The fourth-order valence-electron chi connectivity index (χ4n) is 2.74. The lowest BCUT2D eigenvalue weighted by molar-refractivity contribution is 0.314. The van der Waals surface area contributed by atoms with Crippen LogP contribution in [0.2, 0.25) is 0 Å². The summed E-state index contributed by atoms with van der Waals surface area (Å²) >= 11 is 0. The van der Waals surface area contributed by atoms with Crippen LogP contribution in [0.5, 0.6) is 0 Å². The Labute approximate surface area is 120 Å². The smallest absolute Gasteiger partial charge is 0.240 e. The van der Waals surface area contributed by atoms with Gasteiger partial charge in [-0.25, -0.2) is 13.6 Å².